The van der Waals surface area contributed by atoms with Gasteiger partial charge in [-0.05, 0) is 62.7 Å². The molecule has 0 radical (unpaired) electrons. The number of nitrogens with one attached hydrogen (secondary N) is 2. The molecule has 0 saturated carbocycles. The highest BCUT2D eigenvalue weighted by Crippen LogP contribution is 2.28. The summed E-state index contributed by atoms with van der Waals surface area (Å²) < 4.78 is 6.26. The van der Waals surface area contributed by atoms with Gasteiger partial charge in [-0.1, -0.05) is 18.2 Å². The number of carbonyl (C=O) groups excluding carboxylic acids is 1. The van der Waals surface area contributed by atoms with Gasteiger partial charge >= 0.3 is 0 Å². The van der Waals surface area contributed by atoms with Crippen LogP contribution in [0.3, 0.4) is 0 Å². The lowest BCUT2D eigenvalue weighted by molar-refractivity contribution is -0.139. The molecular formula is C21H27N3O2. The molecular weight excluding hydrogens is 326 g/mol. The van der Waals surface area contributed by atoms with E-state index in [1.54, 1.807) is 6.20 Å². The average molecular weight is 353 g/mol. The van der Waals surface area contributed by atoms with Crippen LogP contribution in [0.2, 0.25) is 0 Å². The number of amides is 1. The fourth-order valence-electron chi connectivity index (χ4n) is 3.33. The molecule has 1 fully saturated rings. The maximum Gasteiger partial charge on any atom is 0.264 e. The van der Waals surface area contributed by atoms with Gasteiger partial charge in [-0.15, -0.1) is 0 Å². The zero-order chi connectivity index (χ0) is 18.6. The number of aryl methyl sites for hydroxylation is 2. The van der Waals surface area contributed by atoms with Crippen molar-refractivity contribution in [1.29, 1.82) is 0 Å². The van der Waals surface area contributed by atoms with Gasteiger partial charge in [-0.25, -0.2) is 0 Å². The van der Waals surface area contributed by atoms with Crippen molar-refractivity contribution in [3.63, 3.8) is 0 Å². The van der Waals surface area contributed by atoms with Crippen LogP contribution < -0.4 is 15.4 Å². The zero-order valence-electron chi connectivity index (χ0n) is 15.8. The summed E-state index contributed by atoms with van der Waals surface area (Å²) in [5.41, 5.74) is 3.54. The lowest BCUT2D eigenvalue weighted by Gasteiger charge is -2.36. The highest BCUT2D eigenvalue weighted by molar-refractivity contribution is 5.85. The van der Waals surface area contributed by atoms with Crippen molar-refractivity contribution >= 4 is 5.91 Å². The summed E-state index contributed by atoms with van der Waals surface area (Å²) in [5.74, 6) is 0.624. The van der Waals surface area contributed by atoms with Crippen molar-refractivity contribution in [3.05, 3.63) is 58.9 Å². The van der Waals surface area contributed by atoms with Crippen molar-refractivity contribution in [2.75, 3.05) is 13.1 Å². The fourth-order valence-corrected chi connectivity index (χ4v) is 3.33. The molecule has 5 nitrogen and oxygen atoms in total. The Balaban J connectivity index is 1.77. The standard InChI is InChI=1S/C21H27N3O2/c1-15-6-4-7-18(16(15)2)14-24-20(25)21(9-12-22-13-10-21)26-19-8-5-11-23-17(19)3/h4-8,11,22H,9-10,12-14H2,1-3H3,(H,24,25). The van der Waals surface area contributed by atoms with Crippen LogP contribution in [0.25, 0.3) is 0 Å². The van der Waals surface area contributed by atoms with Crippen molar-refractivity contribution in [2.45, 2.75) is 45.8 Å². The number of benzene rings is 1. The molecule has 3 rings (SSSR count). The van der Waals surface area contributed by atoms with Crippen LogP contribution in [0.4, 0.5) is 0 Å². The summed E-state index contributed by atoms with van der Waals surface area (Å²) in [5, 5.41) is 6.41. The first-order valence-corrected chi connectivity index (χ1v) is 9.16. The Morgan fingerprint density at radius 1 is 1.19 bits per heavy atom. The van der Waals surface area contributed by atoms with Gasteiger partial charge in [0.2, 0.25) is 0 Å². The number of rotatable bonds is 5. The van der Waals surface area contributed by atoms with Gasteiger partial charge < -0.3 is 15.4 Å². The molecule has 1 aliphatic heterocycles. The van der Waals surface area contributed by atoms with Gasteiger partial charge in [-0.2, -0.15) is 0 Å². The Morgan fingerprint density at radius 3 is 2.69 bits per heavy atom. The number of piperidine rings is 1. The van der Waals surface area contributed by atoms with Crippen LogP contribution >= 0.6 is 0 Å². The molecule has 2 aromatic rings. The van der Waals surface area contributed by atoms with E-state index in [0.29, 0.717) is 25.1 Å². The van der Waals surface area contributed by atoms with E-state index in [0.717, 1.165) is 24.3 Å². The summed E-state index contributed by atoms with van der Waals surface area (Å²) in [4.78, 5) is 17.4. The van der Waals surface area contributed by atoms with Crippen LogP contribution in [0.1, 0.15) is 35.2 Å². The number of aromatic nitrogens is 1. The first kappa shape index (κ1) is 18.4. The van der Waals surface area contributed by atoms with Gasteiger partial charge in [-0.3, -0.25) is 9.78 Å². The van der Waals surface area contributed by atoms with Gasteiger partial charge in [0.25, 0.3) is 5.91 Å². The van der Waals surface area contributed by atoms with E-state index in [9.17, 15) is 4.79 Å². The van der Waals surface area contributed by atoms with E-state index in [2.05, 4.69) is 41.6 Å². The third-order valence-electron chi connectivity index (χ3n) is 5.25. The van der Waals surface area contributed by atoms with Crippen molar-refractivity contribution in [2.24, 2.45) is 0 Å². The summed E-state index contributed by atoms with van der Waals surface area (Å²) in [6.07, 6.45) is 3.01. The summed E-state index contributed by atoms with van der Waals surface area (Å²) in [6, 6.07) is 9.89. The van der Waals surface area contributed by atoms with Crippen LogP contribution in [0, 0.1) is 20.8 Å². The Kier molecular flexibility index (Phi) is 5.57. The Hall–Kier alpha value is -2.40. The second kappa shape index (κ2) is 7.87. The smallest absolute Gasteiger partial charge is 0.264 e. The molecule has 5 heteroatoms. The molecule has 1 aliphatic rings. The minimum absolute atomic E-state index is 0.0526. The minimum Gasteiger partial charge on any atom is -0.475 e. The topological polar surface area (TPSA) is 63.2 Å². The predicted octanol–water partition coefficient (Wildman–Crippen LogP) is 2.82. The monoisotopic (exact) mass is 353 g/mol. The van der Waals surface area contributed by atoms with Crippen molar-refractivity contribution < 1.29 is 9.53 Å². The van der Waals surface area contributed by atoms with Crippen molar-refractivity contribution in [3.8, 4) is 5.75 Å². The molecule has 0 unspecified atom stereocenters. The quantitative estimate of drug-likeness (QED) is 0.868. The SMILES string of the molecule is Cc1cccc(CNC(=O)C2(Oc3cccnc3C)CCNCC2)c1C. The molecule has 1 aromatic carbocycles. The summed E-state index contributed by atoms with van der Waals surface area (Å²) in [6.45, 7) is 8.11. The minimum atomic E-state index is -0.850. The van der Waals surface area contributed by atoms with Crippen LogP contribution in [0.5, 0.6) is 5.75 Å². The Bertz CT molecular complexity index is 783. The maximum absolute atomic E-state index is 13.1. The molecule has 0 spiro atoms. The summed E-state index contributed by atoms with van der Waals surface area (Å²) in [7, 11) is 0. The number of hydrogen-bond acceptors (Lipinski definition) is 4. The van der Waals surface area contributed by atoms with E-state index >= 15 is 0 Å². The first-order chi connectivity index (χ1) is 12.5. The van der Waals surface area contributed by atoms with E-state index in [1.807, 2.05) is 25.1 Å². The molecule has 1 aromatic heterocycles. The molecule has 0 aliphatic carbocycles. The van der Waals surface area contributed by atoms with Crippen LogP contribution in [-0.2, 0) is 11.3 Å². The van der Waals surface area contributed by atoms with Gasteiger partial charge in [0.1, 0.15) is 5.75 Å². The lowest BCUT2D eigenvalue weighted by atomic mass is 9.90. The number of pyridine rings is 1. The van der Waals surface area contributed by atoms with Crippen LogP contribution in [-0.4, -0.2) is 29.6 Å². The fraction of sp³-hybridized carbons (Fsp3) is 0.429. The Morgan fingerprint density at radius 2 is 1.96 bits per heavy atom. The largest absolute Gasteiger partial charge is 0.475 e. The molecule has 1 saturated heterocycles. The van der Waals surface area contributed by atoms with Crippen LogP contribution in [0.15, 0.2) is 36.5 Å². The molecule has 138 valence electrons. The molecule has 0 bridgehead atoms. The van der Waals surface area contributed by atoms with E-state index in [-0.39, 0.29) is 5.91 Å². The van der Waals surface area contributed by atoms with Gasteiger partial charge in [0, 0.05) is 25.6 Å². The maximum atomic E-state index is 13.1. The van der Waals surface area contributed by atoms with Gasteiger partial charge in [0.05, 0.1) is 5.69 Å². The normalized spacial score (nSPS) is 16.1. The highest BCUT2D eigenvalue weighted by Gasteiger charge is 2.42. The number of hydrogen-bond donors (Lipinski definition) is 2. The predicted molar refractivity (Wildman–Crippen MR) is 102 cm³/mol. The third-order valence-corrected chi connectivity index (χ3v) is 5.25. The molecule has 2 N–H and O–H groups in total. The highest BCUT2D eigenvalue weighted by atomic mass is 16.5. The Labute approximate surface area is 155 Å². The van der Waals surface area contributed by atoms with E-state index in [4.69, 9.17) is 4.74 Å². The zero-order valence-corrected chi connectivity index (χ0v) is 15.8. The van der Waals surface area contributed by atoms with E-state index < -0.39 is 5.60 Å². The van der Waals surface area contributed by atoms with Crippen molar-refractivity contribution in [1.82, 2.24) is 15.6 Å². The third kappa shape index (κ3) is 3.88. The summed E-state index contributed by atoms with van der Waals surface area (Å²) >= 11 is 0. The second-order valence-corrected chi connectivity index (χ2v) is 6.98. The second-order valence-electron chi connectivity index (χ2n) is 6.98. The number of ether oxygens (including phenoxy) is 1. The number of carbonyl (C=O) groups is 1. The number of nitrogens with zero attached hydrogens (tertiary/aromatic N) is 1. The lowest BCUT2D eigenvalue weighted by Crippen LogP contribution is -2.56. The molecule has 1 amide bonds. The average Bonchev–Trinajstić information content (AvgIpc) is 2.65. The molecule has 0 atom stereocenters. The molecule has 2 heterocycles. The molecule has 26 heavy (non-hydrogen) atoms. The first-order valence-electron chi connectivity index (χ1n) is 9.16. The van der Waals surface area contributed by atoms with Gasteiger partial charge in [0.15, 0.2) is 5.60 Å². The van der Waals surface area contributed by atoms with E-state index in [1.165, 1.54) is 11.1 Å².